The van der Waals surface area contributed by atoms with Gasteiger partial charge in [0.05, 0.1) is 5.69 Å². The number of carbonyl (C=O) groups excluding carboxylic acids is 1. The third kappa shape index (κ3) is 2.42. The lowest BCUT2D eigenvalue weighted by atomic mass is 10.0. The summed E-state index contributed by atoms with van der Waals surface area (Å²) in [6, 6.07) is 7.85. The maximum absolute atomic E-state index is 12.6. The lowest BCUT2D eigenvalue weighted by Crippen LogP contribution is -2.17. The van der Waals surface area contributed by atoms with E-state index < -0.39 is 0 Å². The van der Waals surface area contributed by atoms with Gasteiger partial charge in [-0.1, -0.05) is 43.4 Å². The Kier molecular flexibility index (Phi) is 3.47. The van der Waals surface area contributed by atoms with E-state index in [2.05, 4.69) is 29.2 Å². The van der Waals surface area contributed by atoms with Gasteiger partial charge in [-0.3, -0.25) is 4.79 Å². The number of rotatable bonds is 3. The zero-order valence-corrected chi connectivity index (χ0v) is 12.9. The largest absolute Gasteiger partial charge is 0.320 e. The number of hydrogen-bond donors (Lipinski definition) is 1. The van der Waals surface area contributed by atoms with Crippen molar-refractivity contribution in [2.24, 2.45) is 0 Å². The van der Waals surface area contributed by atoms with Crippen molar-refractivity contribution in [2.45, 2.75) is 26.7 Å². The van der Waals surface area contributed by atoms with Gasteiger partial charge in [0.25, 0.3) is 5.91 Å². The summed E-state index contributed by atoms with van der Waals surface area (Å²) < 4.78 is 1.59. The molecule has 2 heterocycles. The first-order valence-corrected chi connectivity index (χ1v) is 7.65. The van der Waals surface area contributed by atoms with E-state index in [4.69, 9.17) is 0 Å². The van der Waals surface area contributed by atoms with Gasteiger partial charge in [0.1, 0.15) is 5.51 Å². The van der Waals surface area contributed by atoms with Gasteiger partial charge in [-0.15, -0.1) is 0 Å². The highest BCUT2D eigenvalue weighted by Crippen LogP contribution is 2.24. The van der Waals surface area contributed by atoms with Crippen LogP contribution in [0.15, 0.2) is 29.8 Å². The van der Waals surface area contributed by atoms with Gasteiger partial charge in [-0.2, -0.15) is 9.61 Å². The first-order valence-electron chi connectivity index (χ1n) is 6.77. The van der Waals surface area contributed by atoms with Gasteiger partial charge in [0.2, 0.25) is 4.96 Å². The first kappa shape index (κ1) is 13.8. The summed E-state index contributed by atoms with van der Waals surface area (Å²) in [6.07, 6.45) is 0. The van der Waals surface area contributed by atoms with E-state index in [0.717, 1.165) is 16.2 Å². The van der Waals surface area contributed by atoms with Crippen LogP contribution in [0.5, 0.6) is 0 Å². The van der Waals surface area contributed by atoms with E-state index in [1.54, 1.807) is 10.0 Å². The number of anilines is 1. The number of para-hydroxylation sites is 1. The van der Waals surface area contributed by atoms with Gasteiger partial charge >= 0.3 is 0 Å². The average Bonchev–Trinajstić information content (AvgIpc) is 2.98. The molecular weight excluding hydrogens is 284 g/mol. The Morgan fingerprint density at radius 1 is 1.33 bits per heavy atom. The number of nitrogens with zero attached hydrogens (tertiary/aromatic N) is 3. The lowest BCUT2D eigenvalue weighted by Gasteiger charge is -2.13. The van der Waals surface area contributed by atoms with Crippen molar-refractivity contribution in [3.63, 3.8) is 0 Å². The summed E-state index contributed by atoms with van der Waals surface area (Å²) in [7, 11) is 0. The minimum absolute atomic E-state index is 0.181. The zero-order valence-electron chi connectivity index (χ0n) is 12.1. The van der Waals surface area contributed by atoms with Crippen LogP contribution in [-0.2, 0) is 0 Å². The maximum Gasteiger partial charge on any atom is 0.276 e. The van der Waals surface area contributed by atoms with Gasteiger partial charge in [0.15, 0.2) is 5.69 Å². The Morgan fingerprint density at radius 3 is 2.86 bits per heavy atom. The van der Waals surface area contributed by atoms with Crippen molar-refractivity contribution < 1.29 is 4.79 Å². The molecule has 0 bridgehead atoms. The molecule has 5 nitrogen and oxygen atoms in total. The first-order chi connectivity index (χ1) is 10.1. The molecule has 1 amide bonds. The second-order valence-corrected chi connectivity index (χ2v) is 5.99. The van der Waals surface area contributed by atoms with Gasteiger partial charge in [0, 0.05) is 5.69 Å². The molecule has 3 rings (SSSR count). The van der Waals surface area contributed by atoms with Crippen molar-refractivity contribution in [2.75, 3.05) is 5.32 Å². The van der Waals surface area contributed by atoms with Crippen molar-refractivity contribution in [1.82, 2.24) is 14.6 Å². The molecular formula is C15H16N4OS. The third-order valence-corrected chi connectivity index (χ3v) is 4.04. The second kappa shape index (κ2) is 5.29. The molecule has 108 valence electrons. The van der Waals surface area contributed by atoms with Crippen LogP contribution in [0, 0.1) is 6.92 Å². The van der Waals surface area contributed by atoms with Crippen LogP contribution in [0.4, 0.5) is 5.69 Å². The van der Waals surface area contributed by atoms with E-state index in [-0.39, 0.29) is 5.91 Å². The predicted molar refractivity (Wildman–Crippen MR) is 84.1 cm³/mol. The second-order valence-electron chi connectivity index (χ2n) is 5.18. The molecule has 0 atom stereocenters. The van der Waals surface area contributed by atoms with E-state index >= 15 is 0 Å². The topological polar surface area (TPSA) is 59.3 Å². The molecule has 0 spiro atoms. The number of aromatic nitrogens is 3. The molecule has 0 fully saturated rings. The molecule has 0 aliphatic heterocycles. The lowest BCUT2D eigenvalue weighted by molar-refractivity contribution is 0.101. The fraction of sp³-hybridized carbons (Fsp3) is 0.267. The zero-order chi connectivity index (χ0) is 15.0. The molecule has 0 unspecified atom stereocenters. The summed E-state index contributed by atoms with van der Waals surface area (Å²) in [5.74, 6) is 0.159. The van der Waals surface area contributed by atoms with E-state index in [1.165, 1.54) is 11.3 Å². The fourth-order valence-electron chi connectivity index (χ4n) is 2.35. The summed E-state index contributed by atoms with van der Waals surface area (Å²) in [5.41, 5.74) is 4.81. The molecule has 1 N–H and O–H groups in total. The predicted octanol–water partition coefficient (Wildman–Crippen LogP) is 3.47. The summed E-state index contributed by atoms with van der Waals surface area (Å²) in [5, 5.41) is 7.15. The standard InChI is InChI=1S/C15H16N4OS/c1-9(2)11-6-4-5-7-12(11)18-14(20)13-10(3)17-15-19(13)16-8-21-15/h4-9H,1-3H3,(H,18,20). The number of hydrogen-bond acceptors (Lipinski definition) is 4. The molecule has 21 heavy (non-hydrogen) atoms. The van der Waals surface area contributed by atoms with Crippen molar-refractivity contribution in [3.8, 4) is 0 Å². The third-order valence-electron chi connectivity index (χ3n) is 3.37. The molecule has 1 aromatic carbocycles. The molecule has 0 aliphatic carbocycles. The monoisotopic (exact) mass is 300 g/mol. The van der Waals surface area contributed by atoms with Gasteiger partial charge in [-0.05, 0) is 24.5 Å². The Morgan fingerprint density at radius 2 is 2.10 bits per heavy atom. The number of aryl methyl sites for hydroxylation is 1. The number of nitrogens with one attached hydrogen (secondary N) is 1. The Balaban J connectivity index is 1.97. The highest BCUT2D eigenvalue weighted by atomic mass is 32.1. The normalized spacial score (nSPS) is 11.2. The van der Waals surface area contributed by atoms with Crippen LogP contribution < -0.4 is 5.32 Å². The van der Waals surface area contributed by atoms with Gasteiger partial charge < -0.3 is 5.32 Å². The Hall–Kier alpha value is -2.21. The Labute approximate surface area is 126 Å². The molecule has 3 aromatic rings. The van der Waals surface area contributed by atoms with Crippen molar-refractivity contribution in [1.29, 1.82) is 0 Å². The fourth-order valence-corrected chi connectivity index (χ4v) is 3.01. The average molecular weight is 300 g/mol. The van der Waals surface area contributed by atoms with E-state index in [0.29, 0.717) is 17.3 Å². The van der Waals surface area contributed by atoms with Crippen LogP contribution in [0.2, 0.25) is 0 Å². The quantitative estimate of drug-likeness (QED) is 0.805. The summed E-state index contributed by atoms with van der Waals surface area (Å²) >= 11 is 1.41. The SMILES string of the molecule is Cc1nc2scnn2c1C(=O)Nc1ccccc1C(C)C. The van der Waals surface area contributed by atoms with Crippen LogP contribution in [-0.4, -0.2) is 20.5 Å². The van der Waals surface area contributed by atoms with Crippen LogP contribution in [0.25, 0.3) is 4.96 Å². The number of benzene rings is 1. The minimum atomic E-state index is -0.181. The number of fused-ring (bicyclic) bond motifs is 1. The molecule has 2 aromatic heterocycles. The smallest absolute Gasteiger partial charge is 0.276 e. The number of amides is 1. The minimum Gasteiger partial charge on any atom is -0.320 e. The van der Waals surface area contributed by atoms with E-state index in [9.17, 15) is 4.79 Å². The Bertz CT molecular complexity index is 803. The molecule has 0 saturated heterocycles. The number of carbonyl (C=O) groups is 1. The molecule has 0 radical (unpaired) electrons. The van der Waals surface area contributed by atoms with Crippen LogP contribution in [0.3, 0.4) is 0 Å². The van der Waals surface area contributed by atoms with Crippen LogP contribution >= 0.6 is 11.3 Å². The van der Waals surface area contributed by atoms with Gasteiger partial charge in [-0.25, -0.2) is 4.98 Å². The molecule has 6 heteroatoms. The molecule has 0 aliphatic rings. The number of imidazole rings is 1. The van der Waals surface area contributed by atoms with Crippen molar-refractivity contribution >= 4 is 27.9 Å². The summed E-state index contributed by atoms with van der Waals surface area (Å²) in [6.45, 7) is 6.03. The maximum atomic E-state index is 12.6. The summed E-state index contributed by atoms with van der Waals surface area (Å²) in [4.78, 5) is 17.7. The van der Waals surface area contributed by atoms with Crippen molar-refractivity contribution in [3.05, 3.63) is 46.7 Å². The highest BCUT2D eigenvalue weighted by Gasteiger charge is 2.19. The van der Waals surface area contributed by atoms with E-state index in [1.807, 2.05) is 31.2 Å². The molecule has 0 saturated carbocycles. The van der Waals surface area contributed by atoms with Crippen LogP contribution in [0.1, 0.15) is 41.5 Å². The highest BCUT2D eigenvalue weighted by molar-refractivity contribution is 7.14.